The Bertz CT molecular complexity index is 645. The lowest BCUT2D eigenvalue weighted by molar-refractivity contribution is -0.142. The van der Waals surface area contributed by atoms with Crippen LogP contribution in [0.3, 0.4) is 0 Å². The van der Waals surface area contributed by atoms with Gasteiger partial charge in [0.25, 0.3) is 0 Å². The number of aromatic nitrogens is 3. The first-order chi connectivity index (χ1) is 11.1. The summed E-state index contributed by atoms with van der Waals surface area (Å²) in [6.07, 6.45) is 0.365. The Morgan fingerprint density at radius 2 is 2.09 bits per heavy atom. The van der Waals surface area contributed by atoms with Crippen LogP contribution in [0.2, 0.25) is 5.02 Å². The molecule has 0 saturated carbocycles. The highest BCUT2D eigenvalue weighted by molar-refractivity contribution is 7.99. The third kappa shape index (κ3) is 5.44. The summed E-state index contributed by atoms with van der Waals surface area (Å²) >= 11 is 7.35. The number of esters is 1. The third-order valence-electron chi connectivity index (χ3n) is 3.06. The lowest BCUT2D eigenvalue weighted by Crippen LogP contribution is -2.07. The number of benzene rings is 1. The van der Waals surface area contributed by atoms with E-state index < -0.39 is 0 Å². The minimum atomic E-state index is -0.188. The van der Waals surface area contributed by atoms with Crippen molar-refractivity contribution in [2.24, 2.45) is 7.05 Å². The summed E-state index contributed by atoms with van der Waals surface area (Å²) < 4.78 is 6.81. The van der Waals surface area contributed by atoms with Gasteiger partial charge in [-0.05, 0) is 31.2 Å². The second kappa shape index (κ2) is 8.79. The number of hydrogen-bond donors (Lipinski definition) is 1. The van der Waals surface area contributed by atoms with Crippen LogP contribution in [0.5, 0.6) is 0 Å². The number of thioether (sulfide) groups is 1. The Labute approximate surface area is 144 Å². The number of nitrogens with zero attached hydrogens (tertiary/aromatic N) is 3. The van der Waals surface area contributed by atoms with Crippen molar-refractivity contribution >= 4 is 35.0 Å². The SMILES string of the molecule is CCOC(=O)CCSc1nnc(CNc2ccc(Cl)cc2)n1C. The van der Waals surface area contributed by atoms with Gasteiger partial charge in [0.05, 0.1) is 19.6 Å². The Morgan fingerprint density at radius 3 is 2.78 bits per heavy atom. The first kappa shape index (κ1) is 17.6. The minimum absolute atomic E-state index is 0.188. The van der Waals surface area contributed by atoms with Crippen molar-refractivity contribution in [3.63, 3.8) is 0 Å². The van der Waals surface area contributed by atoms with Crippen molar-refractivity contribution in [2.75, 3.05) is 17.7 Å². The second-order valence-electron chi connectivity index (χ2n) is 4.72. The van der Waals surface area contributed by atoms with Gasteiger partial charge in [-0.25, -0.2) is 0 Å². The van der Waals surface area contributed by atoms with Crippen LogP contribution in [0.25, 0.3) is 0 Å². The molecule has 0 aliphatic carbocycles. The van der Waals surface area contributed by atoms with E-state index in [1.54, 1.807) is 6.92 Å². The maximum atomic E-state index is 11.3. The first-order valence-corrected chi connectivity index (χ1v) is 8.62. The van der Waals surface area contributed by atoms with E-state index in [1.165, 1.54) is 11.8 Å². The molecule has 0 bridgehead atoms. The van der Waals surface area contributed by atoms with Gasteiger partial charge in [0.1, 0.15) is 0 Å². The Morgan fingerprint density at radius 1 is 1.35 bits per heavy atom. The van der Waals surface area contributed by atoms with Gasteiger partial charge in [-0.3, -0.25) is 4.79 Å². The van der Waals surface area contributed by atoms with Gasteiger partial charge >= 0.3 is 5.97 Å². The molecule has 6 nitrogen and oxygen atoms in total. The molecule has 2 rings (SSSR count). The molecule has 0 saturated heterocycles. The zero-order valence-electron chi connectivity index (χ0n) is 13.1. The standard InChI is InChI=1S/C15H19ClN4O2S/c1-3-22-14(21)8-9-23-15-19-18-13(20(15)2)10-17-12-6-4-11(16)5-7-12/h4-7,17H,3,8-10H2,1-2H3. The number of hydrogen-bond acceptors (Lipinski definition) is 6. The summed E-state index contributed by atoms with van der Waals surface area (Å²) in [5, 5.41) is 13.1. The van der Waals surface area contributed by atoms with E-state index in [9.17, 15) is 4.79 Å². The average Bonchev–Trinajstić information content (AvgIpc) is 2.88. The van der Waals surface area contributed by atoms with Gasteiger partial charge in [-0.1, -0.05) is 23.4 Å². The van der Waals surface area contributed by atoms with Crippen LogP contribution in [0, 0.1) is 0 Å². The van der Waals surface area contributed by atoms with Gasteiger partial charge in [0, 0.05) is 23.5 Å². The second-order valence-corrected chi connectivity index (χ2v) is 6.22. The Balaban J connectivity index is 1.84. The zero-order valence-corrected chi connectivity index (χ0v) is 14.7. The van der Waals surface area contributed by atoms with Crippen molar-refractivity contribution in [2.45, 2.75) is 25.0 Å². The number of halogens is 1. The molecule has 0 radical (unpaired) electrons. The number of rotatable bonds is 8. The van der Waals surface area contributed by atoms with Crippen molar-refractivity contribution in [1.29, 1.82) is 0 Å². The summed E-state index contributed by atoms with van der Waals surface area (Å²) in [6, 6.07) is 7.48. The average molecular weight is 355 g/mol. The maximum absolute atomic E-state index is 11.3. The highest BCUT2D eigenvalue weighted by atomic mass is 35.5. The van der Waals surface area contributed by atoms with Crippen LogP contribution in [0.4, 0.5) is 5.69 Å². The van der Waals surface area contributed by atoms with Gasteiger partial charge in [0.15, 0.2) is 11.0 Å². The predicted octanol–water partition coefficient (Wildman–Crippen LogP) is 3.13. The number of nitrogens with one attached hydrogen (secondary N) is 1. The van der Waals surface area contributed by atoms with Crippen molar-refractivity contribution in [3.05, 3.63) is 35.1 Å². The highest BCUT2D eigenvalue weighted by Crippen LogP contribution is 2.18. The fourth-order valence-electron chi connectivity index (χ4n) is 1.83. The van der Waals surface area contributed by atoms with E-state index in [0.29, 0.717) is 30.3 Å². The summed E-state index contributed by atoms with van der Waals surface area (Å²) in [6.45, 7) is 2.77. The van der Waals surface area contributed by atoms with Crippen molar-refractivity contribution in [1.82, 2.24) is 14.8 Å². The van der Waals surface area contributed by atoms with Gasteiger partial charge in [0.2, 0.25) is 0 Å². The van der Waals surface area contributed by atoms with Crippen LogP contribution < -0.4 is 5.32 Å². The molecule has 0 fully saturated rings. The van der Waals surface area contributed by atoms with Gasteiger partial charge in [-0.2, -0.15) is 0 Å². The number of carbonyl (C=O) groups excluding carboxylic acids is 1. The molecule has 0 aliphatic rings. The van der Waals surface area contributed by atoms with E-state index in [4.69, 9.17) is 16.3 Å². The molecule has 0 spiro atoms. The first-order valence-electron chi connectivity index (χ1n) is 7.26. The fourth-order valence-corrected chi connectivity index (χ4v) is 2.81. The number of ether oxygens (including phenoxy) is 1. The molecule has 0 aliphatic heterocycles. The van der Waals surface area contributed by atoms with Crippen LogP contribution in [0.15, 0.2) is 29.4 Å². The minimum Gasteiger partial charge on any atom is -0.466 e. The number of carbonyl (C=O) groups is 1. The van der Waals surface area contributed by atoms with E-state index in [2.05, 4.69) is 15.5 Å². The zero-order chi connectivity index (χ0) is 16.7. The van der Waals surface area contributed by atoms with Crippen LogP contribution in [-0.4, -0.2) is 33.1 Å². The molecule has 1 heterocycles. The molecule has 2 aromatic rings. The lowest BCUT2D eigenvalue weighted by Gasteiger charge is -2.07. The summed E-state index contributed by atoms with van der Waals surface area (Å²) in [5.41, 5.74) is 0.967. The maximum Gasteiger partial charge on any atom is 0.306 e. The van der Waals surface area contributed by atoms with Gasteiger partial charge in [-0.15, -0.1) is 10.2 Å². The molecule has 1 aromatic carbocycles. The summed E-state index contributed by atoms with van der Waals surface area (Å²) in [7, 11) is 1.91. The normalized spacial score (nSPS) is 10.6. The van der Waals surface area contributed by atoms with E-state index in [0.717, 1.165) is 16.7 Å². The van der Waals surface area contributed by atoms with Gasteiger partial charge < -0.3 is 14.6 Å². The van der Waals surface area contributed by atoms with Crippen molar-refractivity contribution < 1.29 is 9.53 Å². The van der Waals surface area contributed by atoms with E-state index >= 15 is 0 Å². The largest absolute Gasteiger partial charge is 0.466 e. The van der Waals surface area contributed by atoms with E-state index in [1.807, 2.05) is 35.9 Å². The van der Waals surface area contributed by atoms with Crippen LogP contribution >= 0.6 is 23.4 Å². The summed E-state index contributed by atoms with van der Waals surface area (Å²) in [4.78, 5) is 11.3. The highest BCUT2D eigenvalue weighted by Gasteiger charge is 2.10. The predicted molar refractivity (Wildman–Crippen MR) is 91.8 cm³/mol. The molecule has 0 amide bonds. The van der Waals surface area contributed by atoms with E-state index in [-0.39, 0.29) is 5.97 Å². The third-order valence-corrected chi connectivity index (χ3v) is 4.34. The summed E-state index contributed by atoms with van der Waals surface area (Å²) in [5.74, 6) is 1.25. The molecule has 0 unspecified atom stereocenters. The topological polar surface area (TPSA) is 69.0 Å². The molecule has 1 aromatic heterocycles. The molecular formula is C15H19ClN4O2S. The Kier molecular flexibility index (Phi) is 6.73. The molecule has 0 atom stereocenters. The quantitative estimate of drug-likeness (QED) is 0.580. The molecular weight excluding hydrogens is 336 g/mol. The lowest BCUT2D eigenvalue weighted by atomic mass is 10.3. The monoisotopic (exact) mass is 354 g/mol. The van der Waals surface area contributed by atoms with Crippen LogP contribution in [-0.2, 0) is 23.1 Å². The fraction of sp³-hybridized carbons (Fsp3) is 0.400. The molecule has 8 heteroatoms. The van der Waals surface area contributed by atoms with Crippen molar-refractivity contribution in [3.8, 4) is 0 Å². The van der Waals surface area contributed by atoms with Crippen LogP contribution in [0.1, 0.15) is 19.2 Å². The Hall–Kier alpha value is -1.73. The molecule has 124 valence electrons. The smallest absolute Gasteiger partial charge is 0.306 e. The number of anilines is 1. The molecule has 1 N–H and O–H groups in total. The molecule has 23 heavy (non-hydrogen) atoms.